The number of anilines is 1. The molecule has 0 amide bonds. The van der Waals surface area contributed by atoms with Gasteiger partial charge in [0.25, 0.3) is 0 Å². The molecule has 0 spiro atoms. The SMILES string of the molecule is CCN(CC)c1ccc(C2=NC(C)(C)C(C)(C)N2O)cc1. The lowest BCUT2D eigenvalue weighted by Gasteiger charge is -2.36. The van der Waals surface area contributed by atoms with Crippen LogP contribution < -0.4 is 4.90 Å². The van der Waals surface area contributed by atoms with Crippen LogP contribution in [0.15, 0.2) is 29.3 Å². The summed E-state index contributed by atoms with van der Waals surface area (Å²) in [5.41, 5.74) is 1.41. The maximum atomic E-state index is 10.5. The van der Waals surface area contributed by atoms with Crippen LogP contribution in [0.1, 0.15) is 47.1 Å². The molecule has 2 rings (SSSR count). The molecule has 0 aliphatic carbocycles. The number of hydrogen-bond acceptors (Lipinski definition) is 4. The summed E-state index contributed by atoms with van der Waals surface area (Å²) >= 11 is 0. The molecule has 1 N–H and O–H groups in total. The quantitative estimate of drug-likeness (QED) is 0.921. The van der Waals surface area contributed by atoms with E-state index in [9.17, 15) is 5.21 Å². The molecule has 4 heteroatoms. The predicted molar refractivity (Wildman–Crippen MR) is 88.3 cm³/mol. The molecule has 1 aliphatic heterocycles. The molecule has 1 aromatic rings. The van der Waals surface area contributed by atoms with E-state index in [-0.39, 0.29) is 5.54 Å². The van der Waals surface area contributed by atoms with Gasteiger partial charge in [0.05, 0.1) is 11.1 Å². The summed E-state index contributed by atoms with van der Waals surface area (Å²) in [5, 5.41) is 11.8. The molecule has 0 fully saturated rings. The van der Waals surface area contributed by atoms with E-state index in [4.69, 9.17) is 4.99 Å². The first kappa shape index (κ1) is 15.8. The Hall–Kier alpha value is -1.55. The Bertz CT molecular complexity index is 527. The zero-order valence-corrected chi connectivity index (χ0v) is 14.0. The molecule has 1 heterocycles. The van der Waals surface area contributed by atoms with Crippen molar-refractivity contribution in [1.29, 1.82) is 0 Å². The maximum Gasteiger partial charge on any atom is 0.156 e. The van der Waals surface area contributed by atoms with Crippen molar-refractivity contribution in [2.75, 3.05) is 18.0 Å². The Kier molecular flexibility index (Phi) is 4.02. The topological polar surface area (TPSA) is 39.1 Å². The lowest BCUT2D eigenvalue weighted by Crippen LogP contribution is -2.51. The van der Waals surface area contributed by atoms with Crippen molar-refractivity contribution in [1.82, 2.24) is 5.06 Å². The van der Waals surface area contributed by atoms with Crippen molar-refractivity contribution in [2.45, 2.75) is 52.6 Å². The first-order valence-corrected chi connectivity index (χ1v) is 7.69. The summed E-state index contributed by atoms with van der Waals surface area (Å²) in [7, 11) is 0. The average Bonchev–Trinajstić information content (AvgIpc) is 2.61. The third-order valence-electron chi connectivity index (χ3n) is 4.87. The highest BCUT2D eigenvalue weighted by molar-refractivity contribution is 6.00. The van der Waals surface area contributed by atoms with Crippen molar-refractivity contribution in [3.63, 3.8) is 0 Å². The highest BCUT2D eigenvalue weighted by Crippen LogP contribution is 2.37. The van der Waals surface area contributed by atoms with Crippen molar-refractivity contribution < 1.29 is 5.21 Å². The Morgan fingerprint density at radius 1 is 1.05 bits per heavy atom. The fourth-order valence-electron chi connectivity index (χ4n) is 2.57. The molecular weight excluding hydrogens is 262 g/mol. The van der Waals surface area contributed by atoms with Crippen LogP contribution >= 0.6 is 0 Å². The second-order valence-electron chi connectivity index (χ2n) is 6.58. The van der Waals surface area contributed by atoms with E-state index in [0.717, 1.165) is 18.7 Å². The number of hydrogen-bond donors (Lipinski definition) is 1. The van der Waals surface area contributed by atoms with Gasteiger partial charge in [0.1, 0.15) is 0 Å². The van der Waals surface area contributed by atoms with Gasteiger partial charge in [0, 0.05) is 24.3 Å². The van der Waals surface area contributed by atoms with Gasteiger partial charge < -0.3 is 4.90 Å². The summed E-state index contributed by atoms with van der Waals surface area (Å²) < 4.78 is 0. The molecule has 116 valence electrons. The van der Waals surface area contributed by atoms with E-state index in [1.807, 2.05) is 39.8 Å². The van der Waals surface area contributed by atoms with Gasteiger partial charge in [0.15, 0.2) is 5.84 Å². The minimum Gasteiger partial charge on any atom is -0.372 e. The molecule has 0 unspecified atom stereocenters. The Morgan fingerprint density at radius 3 is 1.95 bits per heavy atom. The normalized spacial score (nSPS) is 19.6. The molecule has 0 bridgehead atoms. The van der Waals surface area contributed by atoms with Crippen molar-refractivity contribution in [2.24, 2.45) is 4.99 Å². The van der Waals surface area contributed by atoms with E-state index in [0.29, 0.717) is 5.84 Å². The minimum atomic E-state index is -0.417. The van der Waals surface area contributed by atoms with Gasteiger partial charge in [-0.05, 0) is 65.8 Å². The van der Waals surface area contributed by atoms with Crippen LogP contribution in [0.2, 0.25) is 0 Å². The standard InChI is InChI=1S/C17H27N3O/c1-7-19(8-2)14-11-9-13(10-12-14)15-18-16(3,4)17(5,6)20(15)21/h9-12,21H,7-8H2,1-6H3. The van der Waals surface area contributed by atoms with Crippen LogP contribution in [0.3, 0.4) is 0 Å². The fraction of sp³-hybridized carbons (Fsp3) is 0.588. The van der Waals surface area contributed by atoms with Crippen LogP contribution in [0.5, 0.6) is 0 Å². The molecule has 0 aromatic heterocycles. The molecule has 0 saturated carbocycles. The van der Waals surface area contributed by atoms with Crippen LogP contribution in [0.4, 0.5) is 5.69 Å². The summed E-state index contributed by atoms with van der Waals surface area (Å²) in [6, 6.07) is 8.26. The summed E-state index contributed by atoms with van der Waals surface area (Å²) in [6.07, 6.45) is 0. The van der Waals surface area contributed by atoms with E-state index in [2.05, 4.69) is 30.9 Å². The van der Waals surface area contributed by atoms with E-state index < -0.39 is 5.54 Å². The smallest absolute Gasteiger partial charge is 0.156 e. The highest BCUT2D eigenvalue weighted by Gasteiger charge is 2.49. The lowest BCUT2D eigenvalue weighted by atomic mass is 9.84. The zero-order valence-electron chi connectivity index (χ0n) is 14.0. The Morgan fingerprint density at radius 2 is 1.57 bits per heavy atom. The lowest BCUT2D eigenvalue weighted by molar-refractivity contribution is -0.0992. The molecule has 21 heavy (non-hydrogen) atoms. The summed E-state index contributed by atoms with van der Waals surface area (Å²) in [6.45, 7) is 14.4. The fourth-order valence-corrected chi connectivity index (χ4v) is 2.57. The minimum absolute atomic E-state index is 0.325. The van der Waals surface area contributed by atoms with Gasteiger partial charge in [0.2, 0.25) is 0 Å². The monoisotopic (exact) mass is 289 g/mol. The van der Waals surface area contributed by atoms with Gasteiger partial charge in [-0.25, -0.2) is 5.06 Å². The molecule has 0 saturated heterocycles. The highest BCUT2D eigenvalue weighted by atomic mass is 16.5. The second-order valence-corrected chi connectivity index (χ2v) is 6.58. The van der Waals surface area contributed by atoms with Gasteiger partial charge in [-0.3, -0.25) is 10.2 Å². The Balaban J connectivity index is 2.32. The number of amidine groups is 1. The van der Waals surface area contributed by atoms with Crippen molar-refractivity contribution >= 4 is 11.5 Å². The van der Waals surface area contributed by atoms with Crippen LogP contribution in [-0.2, 0) is 0 Å². The summed E-state index contributed by atoms with van der Waals surface area (Å²) in [4.78, 5) is 7.01. The molecule has 4 nitrogen and oxygen atoms in total. The van der Waals surface area contributed by atoms with Gasteiger partial charge >= 0.3 is 0 Å². The first-order valence-electron chi connectivity index (χ1n) is 7.69. The largest absolute Gasteiger partial charge is 0.372 e. The number of benzene rings is 1. The van der Waals surface area contributed by atoms with Gasteiger partial charge in [-0.15, -0.1) is 0 Å². The third-order valence-corrected chi connectivity index (χ3v) is 4.87. The number of nitrogens with zero attached hydrogens (tertiary/aromatic N) is 3. The molecule has 1 aromatic carbocycles. The maximum absolute atomic E-state index is 10.5. The number of rotatable bonds is 4. The number of aliphatic imine (C=N–C) groups is 1. The number of hydroxylamine groups is 2. The summed E-state index contributed by atoms with van der Waals surface area (Å²) in [5.74, 6) is 0.649. The first-order chi connectivity index (χ1) is 9.74. The molecule has 1 aliphatic rings. The van der Waals surface area contributed by atoms with E-state index in [1.54, 1.807) is 0 Å². The zero-order chi connectivity index (χ0) is 15.8. The molecule has 0 atom stereocenters. The van der Waals surface area contributed by atoms with Crippen LogP contribution in [0.25, 0.3) is 0 Å². The predicted octanol–water partition coefficient (Wildman–Crippen LogP) is 3.54. The van der Waals surface area contributed by atoms with E-state index in [1.165, 1.54) is 10.8 Å². The van der Waals surface area contributed by atoms with Crippen molar-refractivity contribution in [3.05, 3.63) is 29.8 Å². The van der Waals surface area contributed by atoms with E-state index >= 15 is 0 Å². The third kappa shape index (κ3) is 2.53. The van der Waals surface area contributed by atoms with Crippen molar-refractivity contribution in [3.8, 4) is 0 Å². The Labute approximate surface area is 128 Å². The van der Waals surface area contributed by atoms with Crippen LogP contribution in [0, 0.1) is 0 Å². The molecule has 0 radical (unpaired) electrons. The second kappa shape index (κ2) is 5.34. The van der Waals surface area contributed by atoms with Gasteiger partial charge in [-0.2, -0.15) is 0 Å². The van der Waals surface area contributed by atoms with Crippen LogP contribution in [-0.4, -0.2) is 40.3 Å². The van der Waals surface area contributed by atoms with Gasteiger partial charge in [-0.1, -0.05) is 0 Å². The molecular formula is C17H27N3O. The average molecular weight is 289 g/mol.